The second kappa shape index (κ2) is 5.30. The SMILES string of the molecule is O=C([O-])c1cn(Cc2ccccc2)nc1-c1cccs1. The number of carbonyl (C=O) groups is 1. The number of hydrogen-bond acceptors (Lipinski definition) is 4. The van der Waals surface area contributed by atoms with Crippen molar-refractivity contribution in [1.82, 2.24) is 9.78 Å². The quantitative estimate of drug-likeness (QED) is 0.736. The van der Waals surface area contributed by atoms with E-state index in [9.17, 15) is 9.90 Å². The zero-order valence-electron chi connectivity index (χ0n) is 10.5. The first-order valence-electron chi connectivity index (χ1n) is 6.10. The lowest BCUT2D eigenvalue weighted by Crippen LogP contribution is -2.22. The van der Waals surface area contributed by atoms with E-state index in [-0.39, 0.29) is 5.56 Å². The molecule has 0 saturated carbocycles. The minimum absolute atomic E-state index is 0.128. The normalized spacial score (nSPS) is 10.6. The van der Waals surface area contributed by atoms with Gasteiger partial charge in [-0.3, -0.25) is 4.68 Å². The van der Waals surface area contributed by atoms with Crippen molar-refractivity contribution in [3.8, 4) is 10.6 Å². The maximum absolute atomic E-state index is 11.2. The third-order valence-electron chi connectivity index (χ3n) is 2.92. The van der Waals surface area contributed by atoms with Gasteiger partial charge in [-0.2, -0.15) is 5.10 Å². The van der Waals surface area contributed by atoms with Gasteiger partial charge in [0.05, 0.1) is 17.4 Å². The maximum Gasteiger partial charge on any atom is 0.111 e. The highest BCUT2D eigenvalue weighted by Gasteiger charge is 2.13. The van der Waals surface area contributed by atoms with Crippen LogP contribution in [0.4, 0.5) is 0 Å². The Kier molecular flexibility index (Phi) is 3.35. The number of aromatic nitrogens is 2. The van der Waals surface area contributed by atoms with E-state index in [1.54, 1.807) is 4.68 Å². The largest absolute Gasteiger partial charge is 0.545 e. The van der Waals surface area contributed by atoms with Crippen molar-refractivity contribution in [3.05, 3.63) is 65.2 Å². The zero-order valence-corrected chi connectivity index (χ0v) is 11.3. The van der Waals surface area contributed by atoms with Gasteiger partial charge in [-0.1, -0.05) is 36.4 Å². The number of carbonyl (C=O) groups excluding carboxylic acids is 1. The van der Waals surface area contributed by atoms with Crippen LogP contribution < -0.4 is 5.11 Å². The first kappa shape index (κ1) is 12.6. The summed E-state index contributed by atoms with van der Waals surface area (Å²) in [6.45, 7) is 0.534. The Bertz CT molecular complexity index is 718. The van der Waals surface area contributed by atoms with Gasteiger partial charge >= 0.3 is 0 Å². The smallest absolute Gasteiger partial charge is 0.111 e. The van der Waals surface area contributed by atoms with Gasteiger partial charge in [0.1, 0.15) is 5.69 Å². The average Bonchev–Trinajstić information content (AvgIpc) is 3.08. The summed E-state index contributed by atoms with van der Waals surface area (Å²) in [7, 11) is 0. The predicted molar refractivity (Wildman–Crippen MR) is 75.4 cm³/mol. The monoisotopic (exact) mass is 283 g/mol. The standard InChI is InChI=1S/C15H12N2O2S/c18-15(19)12-10-17(9-11-5-2-1-3-6-11)16-14(12)13-7-4-8-20-13/h1-8,10H,9H2,(H,18,19)/p-1. The molecule has 0 amide bonds. The van der Waals surface area contributed by atoms with E-state index in [4.69, 9.17) is 0 Å². The lowest BCUT2D eigenvalue weighted by atomic mass is 10.2. The molecule has 0 bridgehead atoms. The second-order valence-electron chi connectivity index (χ2n) is 4.34. The van der Waals surface area contributed by atoms with Crippen LogP contribution in [0.5, 0.6) is 0 Å². The molecule has 20 heavy (non-hydrogen) atoms. The Labute approximate surface area is 119 Å². The van der Waals surface area contributed by atoms with Gasteiger partial charge in [-0.15, -0.1) is 11.3 Å². The van der Waals surface area contributed by atoms with Crippen LogP contribution in [0.25, 0.3) is 10.6 Å². The van der Waals surface area contributed by atoms with Crippen LogP contribution in [0.3, 0.4) is 0 Å². The van der Waals surface area contributed by atoms with Crippen LogP contribution in [0.2, 0.25) is 0 Å². The molecule has 0 radical (unpaired) electrons. The highest BCUT2D eigenvalue weighted by molar-refractivity contribution is 7.13. The summed E-state index contributed by atoms with van der Waals surface area (Å²) in [5.74, 6) is -1.20. The number of rotatable bonds is 4. The van der Waals surface area contributed by atoms with E-state index in [1.165, 1.54) is 17.5 Å². The summed E-state index contributed by atoms with van der Waals surface area (Å²) < 4.78 is 1.63. The van der Waals surface area contributed by atoms with Crippen LogP contribution in [0.15, 0.2) is 54.0 Å². The highest BCUT2D eigenvalue weighted by Crippen LogP contribution is 2.26. The molecule has 5 heteroatoms. The average molecular weight is 283 g/mol. The van der Waals surface area contributed by atoms with Crippen LogP contribution in [-0.4, -0.2) is 15.7 Å². The molecule has 1 aromatic carbocycles. The second-order valence-corrected chi connectivity index (χ2v) is 5.29. The summed E-state index contributed by atoms with van der Waals surface area (Å²) in [5.41, 5.74) is 1.66. The summed E-state index contributed by atoms with van der Waals surface area (Å²) in [5, 5.41) is 17.5. The van der Waals surface area contributed by atoms with E-state index in [0.717, 1.165) is 10.4 Å². The number of carboxylic acids is 1. The molecule has 3 aromatic rings. The van der Waals surface area contributed by atoms with Gasteiger partial charge in [0.15, 0.2) is 0 Å². The van der Waals surface area contributed by atoms with Gasteiger partial charge in [0.25, 0.3) is 0 Å². The molecule has 0 fully saturated rings. The number of thiophene rings is 1. The Hall–Kier alpha value is -2.40. The number of hydrogen-bond donors (Lipinski definition) is 0. The minimum Gasteiger partial charge on any atom is -0.545 e. The number of nitrogens with zero attached hydrogens (tertiary/aromatic N) is 2. The lowest BCUT2D eigenvalue weighted by Gasteiger charge is -2.00. The zero-order chi connectivity index (χ0) is 13.9. The Morgan fingerprint density at radius 1 is 1.20 bits per heavy atom. The first-order chi connectivity index (χ1) is 9.74. The lowest BCUT2D eigenvalue weighted by molar-refractivity contribution is -0.254. The van der Waals surface area contributed by atoms with Gasteiger partial charge < -0.3 is 9.90 Å². The molecule has 0 atom stereocenters. The Morgan fingerprint density at radius 3 is 2.65 bits per heavy atom. The molecule has 0 aliphatic heterocycles. The fourth-order valence-electron chi connectivity index (χ4n) is 2.02. The van der Waals surface area contributed by atoms with Crippen molar-refractivity contribution >= 4 is 17.3 Å². The third kappa shape index (κ3) is 2.48. The topological polar surface area (TPSA) is 57.9 Å². The molecule has 100 valence electrons. The molecule has 2 heterocycles. The molecule has 0 saturated heterocycles. The number of aromatic carboxylic acids is 1. The number of benzene rings is 1. The Balaban J connectivity index is 1.98. The van der Waals surface area contributed by atoms with Crippen molar-refractivity contribution in [3.63, 3.8) is 0 Å². The van der Waals surface area contributed by atoms with E-state index in [0.29, 0.717) is 12.2 Å². The van der Waals surface area contributed by atoms with Crippen LogP contribution in [0.1, 0.15) is 15.9 Å². The van der Waals surface area contributed by atoms with Crippen LogP contribution >= 0.6 is 11.3 Å². The van der Waals surface area contributed by atoms with Crippen LogP contribution in [-0.2, 0) is 6.54 Å². The summed E-state index contributed by atoms with van der Waals surface area (Å²) in [4.78, 5) is 12.1. The fraction of sp³-hybridized carbons (Fsp3) is 0.0667. The first-order valence-corrected chi connectivity index (χ1v) is 6.98. The summed E-state index contributed by atoms with van der Waals surface area (Å²) in [6.07, 6.45) is 1.53. The molecule has 3 rings (SSSR count). The molecule has 0 aliphatic carbocycles. The van der Waals surface area contributed by atoms with Gasteiger partial charge in [-0.25, -0.2) is 0 Å². The molecular formula is C15H11N2O2S-. The minimum atomic E-state index is -1.20. The highest BCUT2D eigenvalue weighted by atomic mass is 32.1. The molecular weight excluding hydrogens is 272 g/mol. The van der Waals surface area contributed by atoms with E-state index in [2.05, 4.69) is 5.10 Å². The van der Waals surface area contributed by atoms with E-state index in [1.807, 2.05) is 47.8 Å². The molecule has 0 N–H and O–H groups in total. The molecule has 0 spiro atoms. The molecule has 4 nitrogen and oxygen atoms in total. The van der Waals surface area contributed by atoms with E-state index >= 15 is 0 Å². The van der Waals surface area contributed by atoms with Crippen LogP contribution in [0, 0.1) is 0 Å². The maximum atomic E-state index is 11.2. The Morgan fingerprint density at radius 2 is 2.00 bits per heavy atom. The molecule has 2 aromatic heterocycles. The summed E-state index contributed by atoms with van der Waals surface area (Å²) >= 11 is 1.46. The van der Waals surface area contributed by atoms with Crippen molar-refractivity contribution < 1.29 is 9.90 Å². The molecule has 0 aliphatic rings. The van der Waals surface area contributed by atoms with Crippen molar-refractivity contribution in [2.75, 3.05) is 0 Å². The fourth-order valence-corrected chi connectivity index (χ4v) is 2.74. The predicted octanol–water partition coefficient (Wildman–Crippen LogP) is 2.02. The van der Waals surface area contributed by atoms with Gasteiger partial charge in [0, 0.05) is 11.8 Å². The third-order valence-corrected chi connectivity index (χ3v) is 3.80. The van der Waals surface area contributed by atoms with Gasteiger partial charge in [0.2, 0.25) is 0 Å². The van der Waals surface area contributed by atoms with E-state index < -0.39 is 5.97 Å². The summed E-state index contributed by atoms with van der Waals surface area (Å²) in [6, 6.07) is 13.5. The van der Waals surface area contributed by atoms with Gasteiger partial charge in [-0.05, 0) is 17.0 Å². The number of carboxylic acid groups (broad SMARTS) is 1. The van der Waals surface area contributed by atoms with Crippen molar-refractivity contribution in [2.24, 2.45) is 0 Å². The van der Waals surface area contributed by atoms with Crippen molar-refractivity contribution in [1.29, 1.82) is 0 Å². The molecule has 0 unspecified atom stereocenters. The van der Waals surface area contributed by atoms with Crippen molar-refractivity contribution in [2.45, 2.75) is 6.54 Å².